The van der Waals surface area contributed by atoms with Crippen molar-refractivity contribution in [2.24, 2.45) is 17.1 Å². The van der Waals surface area contributed by atoms with E-state index in [1.165, 1.54) is 73.5 Å². The molecular formula is C35H48N2. The van der Waals surface area contributed by atoms with Crippen molar-refractivity contribution in [1.82, 2.24) is 5.32 Å². The molecule has 2 aromatic rings. The first kappa shape index (κ1) is 28.7. The van der Waals surface area contributed by atoms with Crippen molar-refractivity contribution in [3.63, 3.8) is 0 Å². The van der Waals surface area contributed by atoms with Crippen LogP contribution < -0.4 is 11.1 Å². The van der Waals surface area contributed by atoms with Gasteiger partial charge in [-0.2, -0.15) is 0 Å². The molecule has 3 N–H and O–H groups in total. The maximum atomic E-state index is 4.50. The largest absolute Gasteiger partial charge is 0.356 e. The Labute approximate surface area is 226 Å². The Balaban J connectivity index is 0.00000186. The number of rotatable bonds is 9. The first-order valence-electron chi connectivity index (χ1n) is 14.2. The molecule has 1 saturated carbocycles. The number of hydrogen-bond acceptors (Lipinski definition) is 2. The number of hydrogen-bond donors (Lipinski definition) is 2. The van der Waals surface area contributed by atoms with Gasteiger partial charge in [0.05, 0.1) is 0 Å². The zero-order valence-electron chi connectivity index (χ0n) is 23.7. The fourth-order valence-electron chi connectivity index (χ4n) is 6.15. The van der Waals surface area contributed by atoms with E-state index in [4.69, 9.17) is 0 Å². The van der Waals surface area contributed by atoms with Crippen molar-refractivity contribution in [3.05, 3.63) is 113 Å². The third-order valence-electron chi connectivity index (χ3n) is 8.59. The van der Waals surface area contributed by atoms with Crippen molar-refractivity contribution in [2.45, 2.75) is 78.1 Å². The van der Waals surface area contributed by atoms with Crippen LogP contribution in [0.4, 0.5) is 0 Å². The molecule has 2 nitrogen and oxygen atoms in total. The summed E-state index contributed by atoms with van der Waals surface area (Å²) in [5, 5.41) is 3.63. The van der Waals surface area contributed by atoms with Crippen LogP contribution in [0, 0.1) is 11.3 Å². The van der Waals surface area contributed by atoms with E-state index < -0.39 is 0 Å². The van der Waals surface area contributed by atoms with Gasteiger partial charge in [0.1, 0.15) is 0 Å². The SMILES string of the molecule is C=C(NC1=C(C)C(C)(C(CC)c2ccccc2)C=C1)c1ccc(CC(=C)C2CCCCCC2)cc1.CN. The van der Waals surface area contributed by atoms with Gasteiger partial charge in [0.15, 0.2) is 0 Å². The maximum Gasteiger partial charge on any atom is 0.0384 e. The van der Waals surface area contributed by atoms with E-state index >= 15 is 0 Å². The molecule has 4 rings (SSSR count). The average molecular weight is 497 g/mol. The number of nitrogens with one attached hydrogen (secondary N) is 1. The van der Waals surface area contributed by atoms with Crippen molar-refractivity contribution < 1.29 is 0 Å². The third kappa shape index (κ3) is 6.93. The summed E-state index contributed by atoms with van der Waals surface area (Å²) >= 11 is 0. The topological polar surface area (TPSA) is 38.0 Å². The molecule has 198 valence electrons. The smallest absolute Gasteiger partial charge is 0.0384 e. The van der Waals surface area contributed by atoms with Gasteiger partial charge in [0, 0.05) is 16.8 Å². The fourth-order valence-corrected chi connectivity index (χ4v) is 6.15. The highest BCUT2D eigenvalue weighted by molar-refractivity contribution is 5.65. The van der Waals surface area contributed by atoms with Crippen LogP contribution >= 0.6 is 0 Å². The Morgan fingerprint density at radius 2 is 1.59 bits per heavy atom. The molecule has 0 spiro atoms. The second kappa shape index (κ2) is 13.6. The molecule has 2 aliphatic carbocycles. The molecule has 2 unspecified atom stereocenters. The average Bonchev–Trinajstić information content (AvgIpc) is 3.11. The molecule has 0 saturated heterocycles. The molecule has 0 radical (unpaired) electrons. The maximum absolute atomic E-state index is 4.50. The molecule has 2 aliphatic rings. The molecule has 2 atom stereocenters. The van der Waals surface area contributed by atoms with Gasteiger partial charge in [-0.1, -0.05) is 119 Å². The first-order valence-corrected chi connectivity index (χ1v) is 14.2. The van der Waals surface area contributed by atoms with Crippen molar-refractivity contribution in [1.29, 1.82) is 0 Å². The van der Waals surface area contributed by atoms with Gasteiger partial charge in [-0.25, -0.2) is 0 Å². The Bertz CT molecular complexity index is 1080. The normalized spacial score (nSPS) is 20.6. The summed E-state index contributed by atoms with van der Waals surface area (Å²) in [5.41, 5.74) is 13.3. The van der Waals surface area contributed by atoms with Crippen LogP contribution in [0.3, 0.4) is 0 Å². The highest BCUT2D eigenvalue weighted by Gasteiger charge is 2.37. The van der Waals surface area contributed by atoms with E-state index in [1.54, 1.807) is 0 Å². The number of allylic oxidation sites excluding steroid dienone is 4. The number of benzene rings is 2. The van der Waals surface area contributed by atoms with Crippen LogP contribution in [0.1, 0.15) is 88.3 Å². The lowest BCUT2D eigenvalue weighted by Gasteiger charge is -2.34. The summed E-state index contributed by atoms with van der Waals surface area (Å²) in [6.45, 7) is 15.8. The minimum absolute atomic E-state index is 0.000927. The second-order valence-electron chi connectivity index (χ2n) is 10.9. The molecule has 0 bridgehead atoms. The molecule has 2 heteroatoms. The predicted octanol–water partition coefficient (Wildman–Crippen LogP) is 8.93. The van der Waals surface area contributed by atoms with Gasteiger partial charge >= 0.3 is 0 Å². The Morgan fingerprint density at radius 1 is 0.973 bits per heavy atom. The van der Waals surface area contributed by atoms with Crippen molar-refractivity contribution >= 4 is 5.70 Å². The standard InChI is InChI=1S/C34H43N.CH5N/c1-6-32(31-16-12-9-13-17-31)34(5)23-22-33(26(34)3)35-27(4)30-20-18-28(19-21-30)24-25(2)29-14-10-7-8-11-15-29;1-2/h9,12-13,16-23,29,32,35H,2,4,6-8,10-11,14-15,24H2,1,3,5H3;2H2,1H3. The summed E-state index contributed by atoms with van der Waals surface area (Å²) in [5.74, 6) is 1.16. The summed E-state index contributed by atoms with van der Waals surface area (Å²) in [6, 6.07) is 19.8. The lowest BCUT2D eigenvalue weighted by molar-refractivity contribution is 0.393. The van der Waals surface area contributed by atoms with Gasteiger partial charge in [0.2, 0.25) is 0 Å². The quantitative estimate of drug-likeness (QED) is 0.268. The molecule has 0 aromatic heterocycles. The van der Waals surface area contributed by atoms with Crippen LogP contribution in [0.15, 0.2) is 96.8 Å². The molecule has 2 aromatic carbocycles. The lowest BCUT2D eigenvalue weighted by atomic mass is 9.69. The molecule has 0 amide bonds. The minimum Gasteiger partial charge on any atom is -0.356 e. The van der Waals surface area contributed by atoms with Crippen LogP contribution in [0.2, 0.25) is 0 Å². The van der Waals surface area contributed by atoms with Crippen LogP contribution in [-0.4, -0.2) is 7.05 Å². The first-order chi connectivity index (χ1) is 17.9. The van der Waals surface area contributed by atoms with E-state index in [-0.39, 0.29) is 5.41 Å². The highest BCUT2D eigenvalue weighted by Crippen LogP contribution is 2.49. The Kier molecular flexibility index (Phi) is 10.6. The van der Waals surface area contributed by atoms with E-state index in [0.29, 0.717) is 11.8 Å². The van der Waals surface area contributed by atoms with Gasteiger partial charge in [0.25, 0.3) is 0 Å². The van der Waals surface area contributed by atoms with Crippen LogP contribution in [0.25, 0.3) is 5.70 Å². The second-order valence-corrected chi connectivity index (χ2v) is 10.9. The summed E-state index contributed by atoms with van der Waals surface area (Å²) < 4.78 is 0. The predicted molar refractivity (Wildman–Crippen MR) is 162 cm³/mol. The van der Waals surface area contributed by atoms with Gasteiger partial charge in [-0.3, -0.25) is 0 Å². The van der Waals surface area contributed by atoms with E-state index in [1.807, 2.05) is 0 Å². The monoisotopic (exact) mass is 496 g/mol. The zero-order chi connectivity index (χ0) is 26.8. The molecule has 1 fully saturated rings. The molecule has 0 heterocycles. The van der Waals surface area contributed by atoms with Gasteiger partial charge in [-0.15, -0.1) is 0 Å². The van der Waals surface area contributed by atoms with Gasteiger partial charge < -0.3 is 11.1 Å². The fraction of sp³-hybridized carbons (Fsp3) is 0.429. The van der Waals surface area contributed by atoms with Crippen molar-refractivity contribution in [2.75, 3.05) is 7.05 Å². The van der Waals surface area contributed by atoms with Crippen LogP contribution in [-0.2, 0) is 6.42 Å². The summed E-state index contributed by atoms with van der Waals surface area (Å²) in [7, 11) is 1.50. The molecular weight excluding hydrogens is 448 g/mol. The summed E-state index contributed by atoms with van der Waals surface area (Å²) in [4.78, 5) is 0. The Morgan fingerprint density at radius 3 is 2.19 bits per heavy atom. The van der Waals surface area contributed by atoms with Crippen molar-refractivity contribution in [3.8, 4) is 0 Å². The van der Waals surface area contributed by atoms with E-state index in [9.17, 15) is 0 Å². The van der Waals surface area contributed by atoms with Crippen LogP contribution in [0.5, 0.6) is 0 Å². The minimum atomic E-state index is 0.000927. The third-order valence-corrected chi connectivity index (χ3v) is 8.59. The van der Waals surface area contributed by atoms with E-state index in [2.05, 4.69) is 112 Å². The van der Waals surface area contributed by atoms with E-state index in [0.717, 1.165) is 24.1 Å². The number of nitrogens with two attached hydrogens (primary N) is 1. The lowest BCUT2D eigenvalue weighted by Crippen LogP contribution is -2.24. The van der Waals surface area contributed by atoms with Gasteiger partial charge in [-0.05, 0) is 79.8 Å². The highest BCUT2D eigenvalue weighted by atomic mass is 14.9. The molecule has 0 aliphatic heterocycles. The Hall–Kier alpha value is -2.84. The summed E-state index contributed by atoms with van der Waals surface area (Å²) in [6.07, 6.45) is 14.9. The molecule has 37 heavy (non-hydrogen) atoms. The zero-order valence-corrected chi connectivity index (χ0v) is 23.7.